The van der Waals surface area contributed by atoms with Gasteiger partial charge in [0.25, 0.3) is 0 Å². The second-order valence-corrected chi connectivity index (χ2v) is 11.5. The fraction of sp³-hybridized carbons (Fsp3) is 0.407. The van der Waals surface area contributed by atoms with Crippen molar-refractivity contribution in [2.75, 3.05) is 14.2 Å². The minimum atomic E-state index is -4.86. The summed E-state index contributed by atoms with van der Waals surface area (Å²) in [6.07, 6.45) is -5.05. The zero-order valence-electron chi connectivity index (χ0n) is 22.5. The standard InChI is InChI=1S/C27H28ClF3N4O5S/c1-13(2)10-17(25(37)38)32-21(36)12-20-24-33-34-26(27(29,30)31)35(24)18-9-8-14(28)11-16(18)23(41-20)15-6-5-7-19(39-3)22(15)40-4/h5-9,11,13,17,20,23H,10,12H2,1-4H3,(H,32,36)(H,37,38)/t17-,20+,23+/m0/s1. The van der Waals surface area contributed by atoms with Gasteiger partial charge >= 0.3 is 12.1 Å². The molecule has 0 unspecified atom stereocenters. The number of thioether (sulfide) groups is 1. The first-order chi connectivity index (χ1) is 19.3. The highest BCUT2D eigenvalue weighted by molar-refractivity contribution is 8.00. The lowest BCUT2D eigenvalue weighted by molar-refractivity contribution is -0.146. The van der Waals surface area contributed by atoms with Gasteiger partial charge in [-0.25, -0.2) is 4.79 Å². The monoisotopic (exact) mass is 612 g/mol. The van der Waals surface area contributed by atoms with Crippen molar-refractivity contribution in [2.24, 2.45) is 5.92 Å². The second kappa shape index (κ2) is 12.2. The minimum absolute atomic E-state index is 0.0229. The molecule has 41 heavy (non-hydrogen) atoms. The molecule has 0 saturated heterocycles. The maximum atomic E-state index is 14.2. The molecule has 220 valence electrons. The summed E-state index contributed by atoms with van der Waals surface area (Å²) >= 11 is 7.50. The van der Waals surface area contributed by atoms with Crippen molar-refractivity contribution in [3.63, 3.8) is 0 Å². The molecule has 1 aromatic heterocycles. The predicted molar refractivity (Wildman–Crippen MR) is 147 cm³/mol. The lowest BCUT2D eigenvalue weighted by Gasteiger charge is -2.24. The number of para-hydroxylation sites is 1. The smallest absolute Gasteiger partial charge is 0.452 e. The molecule has 9 nitrogen and oxygen atoms in total. The Bertz CT molecular complexity index is 1450. The van der Waals surface area contributed by atoms with E-state index in [2.05, 4.69) is 15.5 Å². The van der Waals surface area contributed by atoms with Crippen LogP contribution in [-0.4, -0.2) is 52.0 Å². The van der Waals surface area contributed by atoms with Crippen LogP contribution in [0.25, 0.3) is 5.69 Å². The third-order valence-electron chi connectivity index (χ3n) is 6.47. The zero-order chi connectivity index (χ0) is 30.1. The van der Waals surface area contributed by atoms with Crippen LogP contribution in [0.15, 0.2) is 36.4 Å². The van der Waals surface area contributed by atoms with E-state index in [9.17, 15) is 27.9 Å². The molecule has 3 atom stereocenters. The number of carbonyl (C=O) groups is 2. The summed E-state index contributed by atoms with van der Waals surface area (Å²) in [5.41, 5.74) is 1.11. The Balaban J connectivity index is 1.89. The number of carboxylic acids is 1. The van der Waals surface area contributed by atoms with Gasteiger partial charge in [-0.1, -0.05) is 37.6 Å². The number of methoxy groups -OCH3 is 2. The molecular formula is C27H28ClF3N4O5S. The van der Waals surface area contributed by atoms with Gasteiger partial charge in [0, 0.05) is 17.0 Å². The number of hydrogen-bond donors (Lipinski definition) is 2. The van der Waals surface area contributed by atoms with E-state index >= 15 is 0 Å². The Hall–Kier alpha value is -3.45. The Kier molecular flexibility index (Phi) is 9.07. The summed E-state index contributed by atoms with van der Waals surface area (Å²) < 4.78 is 54.6. The first-order valence-corrected chi connectivity index (χ1v) is 13.9. The highest BCUT2D eigenvalue weighted by Crippen LogP contribution is 2.54. The molecule has 2 aromatic carbocycles. The minimum Gasteiger partial charge on any atom is -0.493 e. The van der Waals surface area contributed by atoms with Crippen LogP contribution in [0.5, 0.6) is 11.5 Å². The number of halogens is 4. The van der Waals surface area contributed by atoms with E-state index in [0.29, 0.717) is 22.6 Å². The Morgan fingerprint density at radius 3 is 2.49 bits per heavy atom. The van der Waals surface area contributed by atoms with Crippen LogP contribution in [0.2, 0.25) is 5.02 Å². The molecule has 1 aliphatic heterocycles. The van der Waals surface area contributed by atoms with E-state index in [1.807, 2.05) is 13.8 Å². The number of fused-ring (bicyclic) bond motifs is 3. The number of hydrogen-bond acceptors (Lipinski definition) is 7. The van der Waals surface area contributed by atoms with Crippen molar-refractivity contribution >= 4 is 35.2 Å². The number of nitrogens with one attached hydrogen (secondary N) is 1. The Morgan fingerprint density at radius 1 is 1.15 bits per heavy atom. The van der Waals surface area contributed by atoms with Crippen LogP contribution in [0.3, 0.4) is 0 Å². The van der Waals surface area contributed by atoms with Gasteiger partial charge in [0.15, 0.2) is 17.3 Å². The maximum absolute atomic E-state index is 14.2. The number of alkyl halides is 3. The van der Waals surface area contributed by atoms with Crippen molar-refractivity contribution in [3.8, 4) is 17.2 Å². The van der Waals surface area contributed by atoms with Crippen molar-refractivity contribution < 1.29 is 37.3 Å². The van der Waals surface area contributed by atoms with Crippen LogP contribution in [-0.2, 0) is 15.8 Å². The van der Waals surface area contributed by atoms with E-state index in [1.54, 1.807) is 24.3 Å². The molecule has 0 saturated carbocycles. The van der Waals surface area contributed by atoms with Crippen LogP contribution in [0, 0.1) is 5.92 Å². The van der Waals surface area contributed by atoms with E-state index in [4.69, 9.17) is 21.1 Å². The molecule has 0 spiro atoms. The summed E-state index contributed by atoms with van der Waals surface area (Å²) in [5.74, 6) is -2.49. The number of benzene rings is 2. The molecular weight excluding hydrogens is 585 g/mol. The van der Waals surface area contributed by atoms with Gasteiger partial charge < -0.3 is 19.9 Å². The van der Waals surface area contributed by atoms with Gasteiger partial charge in [-0.3, -0.25) is 9.36 Å². The number of rotatable bonds is 9. The third kappa shape index (κ3) is 6.40. The van der Waals surface area contributed by atoms with Crippen molar-refractivity contribution in [1.82, 2.24) is 20.1 Å². The van der Waals surface area contributed by atoms with Gasteiger partial charge in [0.2, 0.25) is 11.7 Å². The van der Waals surface area contributed by atoms with Crippen molar-refractivity contribution in [3.05, 3.63) is 64.2 Å². The van der Waals surface area contributed by atoms with E-state index in [1.165, 1.54) is 26.4 Å². The number of carboxylic acid groups (broad SMARTS) is 1. The number of ether oxygens (including phenoxy) is 2. The van der Waals surface area contributed by atoms with Crippen molar-refractivity contribution in [2.45, 2.75) is 49.4 Å². The van der Waals surface area contributed by atoms with Gasteiger partial charge in [-0.2, -0.15) is 13.2 Å². The number of nitrogens with zero attached hydrogens (tertiary/aromatic N) is 3. The van der Waals surface area contributed by atoms with Crippen LogP contribution >= 0.6 is 23.4 Å². The zero-order valence-corrected chi connectivity index (χ0v) is 24.1. The van der Waals surface area contributed by atoms with Crippen molar-refractivity contribution in [1.29, 1.82) is 0 Å². The van der Waals surface area contributed by atoms with Gasteiger partial charge in [0.1, 0.15) is 6.04 Å². The normalized spacial score (nSPS) is 17.3. The summed E-state index contributed by atoms with van der Waals surface area (Å²) in [7, 11) is 2.91. The predicted octanol–water partition coefficient (Wildman–Crippen LogP) is 5.84. The molecule has 0 fully saturated rings. The lowest BCUT2D eigenvalue weighted by Crippen LogP contribution is -2.42. The molecule has 0 radical (unpaired) electrons. The molecule has 0 aliphatic carbocycles. The summed E-state index contributed by atoms with van der Waals surface area (Å²) in [6.45, 7) is 3.64. The average molecular weight is 613 g/mol. The highest BCUT2D eigenvalue weighted by Gasteiger charge is 2.44. The first-order valence-electron chi connectivity index (χ1n) is 12.6. The molecule has 2 heterocycles. The Morgan fingerprint density at radius 2 is 1.88 bits per heavy atom. The lowest BCUT2D eigenvalue weighted by atomic mass is 10.0. The quantitative estimate of drug-likeness (QED) is 0.310. The molecule has 0 bridgehead atoms. The number of carbonyl (C=O) groups excluding carboxylic acids is 1. The van der Waals surface area contributed by atoms with Crippen LogP contribution in [0.1, 0.15) is 60.0 Å². The topological polar surface area (TPSA) is 116 Å². The number of aromatic nitrogens is 3. The first kappa shape index (κ1) is 30.5. The maximum Gasteiger partial charge on any atom is 0.452 e. The Labute approximate surface area is 243 Å². The highest BCUT2D eigenvalue weighted by atomic mass is 35.5. The summed E-state index contributed by atoms with van der Waals surface area (Å²) in [4.78, 5) is 25.0. The van der Waals surface area contributed by atoms with Gasteiger partial charge in [-0.15, -0.1) is 22.0 Å². The SMILES string of the molecule is COc1cccc([C@H]2S[C@H](CC(=O)N[C@@H](CC(C)C)C(=O)O)c3nnc(C(F)(F)F)n3-c3ccc(Cl)cc32)c1OC. The number of amides is 1. The molecule has 1 aliphatic rings. The molecule has 2 N–H and O–H groups in total. The largest absolute Gasteiger partial charge is 0.493 e. The average Bonchev–Trinajstić information content (AvgIpc) is 3.31. The number of aliphatic carboxylic acids is 1. The molecule has 4 rings (SSSR count). The fourth-order valence-corrected chi connectivity index (χ4v) is 6.48. The van der Waals surface area contributed by atoms with E-state index in [0.717, 1.165) is 16.3 Å². The van der Waals surface area contributed by atoms with Crippen LogP contribution < -0.4 is 14.8 Å². The summed E-state index contributed by atoms with van der Waals surface area (Å²) in [5, 5.41) is 18.1. The van der Waals surface area contributed by atoms with Gasteiger partial charge in [0.05, 0.1) is 30.4 Å². The second-order valence-electron chi connectivity index (χ2n) is 9.80. The molecule has 14 heteroatoms. The van der Waals surface area contributed by atoms with Gasteiger partial charge in [-0.05, 0) is 42.2 Å². The summed E-state index contributed by atoms with van der Waals surface area (Å²) in [6, 6.07) is 8.47. The van der Waals surface area contributed by atoms with E-state index in [-0.39, 0.29) is 35.3 Å². The van der Waals surface area contributed by atoms with Crippen LogP contribution in [0.4, 0.5) is 13.2 Å². The van der Waals surface area contributed by atoms with E-state index < -0.39 is 40.4 Å². The third-order valence-corrected chi connectivity index (χ3v) is 8.19. The molecule has 1 amide bonds. The fourth-order valence-electron chi connectivity index (χ4n) is 4.78. The molecule has 3 aromatic rings.